The maximum Gasteiger partial charge on any atom is 0.179 e. The minimum absolute atomic E-state index is 0.0154. The second-order valence-corrected chi connectivity index (χ2v) is 41.6. The summed E-state index contributed by atoms with van der Waals surface area (Å²) in [5, 5.41) is 44.8. The predicted octanol–water partition coefficient (Wildman–Crippen LogP) is 25.3. The Balaban J connectivity index is 0.848. The molecule has 18 aromatic carbocycles. The van der Waals surface area contributed by atoms with Crippen molar-refractivity contribution >= 4 is 168 Å². The molecule has 20 aromatic rings. The van der Waals surface area contributed by atoms with Crippen LogP contribution in [0.15, 0.2) is 361 Å². The van der Waals surface area contributed by atoms with Crippen molar-refractivity contribution in [3.63, 3.8) is 0 Å². The van der Waals surface area contributed by atoms with Crippen molar-refractivity contribution < 1.29 is 8.83 Å². The zero-order valence-electron chi connectivity index (χ0n) is 70.2. The van der Waals surface area contributed by atoms with Gasteiger partial charge in [-0.25, -0.2) is 0 Å². The lowest BCUT2D eigenvalue weighted by molar-refractivity contribution is 0.668. The number of hydrogen-bond donors (Lipinski definition) is 0. The summed E-state index contributed by atoms with van der Waals surface area (Å²) in [6.45, 7) is 22.2. The second-order valence-electron chi connectivity index (χ2n) is 34.0. The van der Waals surface area contributed by atoms with Crippen LogP contribution in [-0.2, 0) is 0 Å². The third-order valence-electron chi connectivity index (χ3n) is 25.8. The lowest BCUT2D eigenvalue weighted by atomic mass is 9.83. The summed E-state index contributed by atoms with van der Waals surface area (Å²) in [6.07, 6.45) is 0. The van der Waals surface area contributed by atoms with E-state index in [0.29, 0.717) is 22.3 Å². The van der Waals surface area contributed by atoms with Gasteiger partial charge in [-0.1, -0.05) is 364 Å². The molecule has 0 spiro atoms. The van der Waals surface area contributed by atoms with Crippen molar-refractivity contribution in [3.05, 3.63) is 407 Å². The first-order valence-corrected chi connectivity index (χ1v) is 46.4. The first-order chi connectivity index (χ1) is 59.5. The van der Waals surface area contributed by atoms with E-state index in [1.807, 2.05) is 48.5 Å². The van der Waals surface area contributed by atoms with Crippen LogP contribution in [0.25, 0.3) is 98.4 Å². The fourth-order valence-electron chi connectivity index (χ4n) is 19.7. The number of nitrogens with zero attached hydrogens (tertiary/aromatic N) is 4. The molecular formula is C114H90N4O2Si2. The Morgan fingerprint density at radius 3 is 0.828 bits per heavy atom. The molecule has 6 nitrogen and oxygen atoms in total. The van der Waals surface area contributed by atoms with Gasteiger partial charge in [0, 0.05) is 43.4 Å². The number of nitriles is 2. The van der Waals surface area contributed by atoms with Crippen molar-refractivity contribution in [1.29, 1.82) is 10.5 Å². The van der Waals surface area contributed by atoms with Crippen LogP contribution in [0.2, 0.25) is 0 Å². The minimum Gasteiger partial charge on any atom is -0.454 e. The molecule has 0 bridgehead atoms. The number of furan rings is 2. The van der Waals surface area contributed by atoms with Crippen LogP contribution in [0.4, 0.5) is 34.1 Å². The quantitative estimate of drug-likeness (QED) is 0.0484. The zero-order valence-corrected chi connectivity index (χ0v) is 72.2. The first kappa shape index (κ1) is 76.3. The molecule has 0 aliphatic rings. The van der Waals surface area contributed by atoms with Crippen molar-refractivity contribution in [3.8, 4) is 34.4 Å². The molecule has 0 saturated heterocycles. The maximum atomic E-state index is 12.1. The van der Waals surface area contributed by atoms with Gasteiger partial charge < -0.3 is 18.6 Å². The summed E-state index contributed by atoms with van der Waals surface area (Å²) < 4.78 is 14.5. The van der Waals surface area contributed by atoms with Gasteiger partial charge >= 0.3 is 0 Å². The molecule has 0 aliphatic heterocycles. The molecule has 0 radical (unpaired) electrons. The van der Waals surface area contributed by atoms with E-state index in [2.05, 4.69) is 394 Å². The van der Waals surface area contributed by atoms with Crippen LogP contribution in [0.1, 0.15) is 95.2 Å². The van der Waals surface area contributed by atoms with Crippen LogP contribution >= 0.6 is 0 Å². The molecule has 0 unspecified atom stereocenters. The summed E-state index contributed by atoms with van der Waals surface area (Å²) in [4.78, 5) is 4.73. The molecule has 2 heterocycles. The van der Waals surface area contributed by atoms with Gasteiger partial charge in [-0.2, -0.15) is 10.5 Å². The summed E-state index contributed by atoms with van der Waals surface area (Å²) in [5.74, 6) is 0.0307. The average molecular weight is 1600 g/mol. The van der Waals surface area contributed by atoms with Crippen LogP contribution in [0, 0.1) is 64.2 Å². The van der Waals surface area contributed by atoms with E-state index >= 15 is 0 Å². The van der Waals surface area contributed by atoms with Crippen molar-refractivity contribution in [2.45, 2.75) is 81.1 Å². The summed E-state index contributed by atoms with van der Waals surface area (Å²) in [7, 11) is -6.04. The van der Waals surface area contributed by atoms with Crippen LogP contribution in [0.3, 0.4) is 0 Å². The van der Waals surface area contributed by atoms with Gasteiger partial charge in [-0.05, 0) is 187 Å². The monoisotopic (exact) mass is 1600 g/mol. The van der Waals surface area contributed by atoms with Gasteiger partial charge in [0.25, 0.3) is 0 Å². The van der Waals surface area contributed by atoms with E-state index in [1.165, 1.54) is 74.9 Å². The zero-order chi connectivity index (χ0) is 83.4. The van der Waals surface area contributed by atoms with Crippen LogP contribution < -0.4 is 51.3 Å². The maximum absolute atomic E-state index is 12.1. The van der Waals surface area contributed by atoms with E-state index < -0.39 is 16.1 Å². The Morgan fingerprint density at radius 1 is 0.262 bits per heavy atom. The fourth-order valence-corrected chi connectivity index (χ4v) is 29.1. The number of aryl methyl sites for hydroxylation is 6. The number of rotatable bonds is 18. The van der Waals surface area contributed by atoms with E-state index in [1.54, 1.807) is 0 Å². The normalized spacial score (nSPS) is 12.0. The largest absolute Gasteiger partial charge is 0.454 e. The molecule has 20 rings (SSSR count). The van der Waals surface area contributed by atoms with Gasteiger partial charge in [0.2, 0.25) is 0 Å². The van der Waals surface area contributed by atoms with Crippen molar-refractivity contribution in [1.82, 2.24) is 0 Å². The second kappa shape index (κ2) is 30.5. The van der Waals surface area contributed by atoms with Crippen LogP contribution in [0.5, 0.6) is 0 Å². The van der Waals surface area contributed by atoms with E-state index in [-0.39, 0.29) is 11.8 Å². The van der Waals surface area contributed by atoms with Gasteiger partial charge in [-0.15, -0.1) is 0 Å². The highest BCUT2D eigenvalue weighted by Gasteiger charge is 2.44. The molecule has 586 valence electrons. The van der Waals surface area contributed by atoms with E-state index in [4.69, 9.17) is 8.83 Å². The molecule has 0 atom stereocenters. The van der Waals surface area contributed by atoms with E-state index in [0.717, 1.165) is 133 Å². The topological polar surface area (TPSA) is 80.3 Å². The number of fused-ring (bicyclic) bond motifs is 6. The molecular weight excluding hydrogens is 1510 g/mol. The Labute approximate surface area is 715 Å². The molecule has 0 N–H and O–H groups in total. The van der Waals surface area contributed by atoms with Gasteiger partial charge in [0.1, 0.15) is 23.3 Å². The van der Waals surface area contributed by atoms with Gasteiger partial charge in [0.15, 0.2) is 27.3 Å². The molecule has 0 amide bonds. The lowest BCUT2D eigenvalue weighted by Gasteiger charge is -2.35. The molecule has 122 heavy (non-hydrogen) atoms. The highest BCUT2D eigenvalue weighted by atomic mass is 28.3. The Kier molecular flexibility index (Phi) is 19.0. The summed E-state index contributed by atoms with van der Waals surface area (Å²) in [6, 6.07) is 136. The Hall–Kier alpha value is -14.4. The highest BCUT2D eigenvalue weighted by Crippen LogP contribution is 2.56. The molecule has 0 aliphatic carbocycles. The van der Waals surface area contributed by atoms with Gasteiger partial charge in [0.05, 0.1) is 45.3 Å². The third-order valence-corrected chi connectivity index (χ3v) is 35.4. The average Bonchev–Trinajstić information content (AvgIpc) is 0.812. The van der Waals surface area contributed by atoms with E-state index in [9.17, 15) is 10.5 Å². The molecule has 2 aromatic heterocycles. The number of benzene rings is 18. The molecule has 8 heteroatoms. The minimum atomic E-state index is -3.02. The Bertz CT molecular complexity index is 6880. The molecule has 0 saturated carbocycles. The number of anilines is 6. The third kappa shape index (κ3) is 12.4. The number of hydrogen-bond acceptors (Lipinski definition) is 6. The lowest BCUT2D eigenvalue weighted by Crippen LogP contribution is -2.74. The SMILES string of the molecule is Cc1ccc([Si](c2ccc(C)cc2)(c2ccc(C)cc2)c2ccc(-c3cccc(C#N)c3N(c3cc(C(C)C)c4ccc5c(N(c6c(C#N)cccc6-c6ccc([Si](c7ccc(C)cc7)(c7ccc(C)cc7)c7ccc(C)cc7)cc6)c6cccc7c6oc6ccccc67)cc(C(C)C)c6ccc3c4c65)c3cccc4c3oc3ccccc34)cc2)cc1. The number of para-hydroxylation sites is 6. The Morgan fingerprint density at radius 2 is 0.533 bits per heavy atom. The fraction of sp³-hybridized carbons (Fsp3) is 0.105. The highest BCUT2D eigenvalue weighted by molar-refractivity contribution is 7.20. The predicted molar refractivity (Wildman–Crippen MR) is 518 cm³/mol. The smallest absolute Gasteiger partial charge is 0.179 e. The van der Waals surface area contributed by atoms with Crippen molar-refractivity contribution in [2.24, 2.45) is 0 Å². The van der Waals surface area contributed by atoms with Crippen LogP contribution in [-0.4, -0.2) is 16.1 Å². The summed E-state index contributed by atoms with van der Waals surface area (Å²) >= 11 is 0. The van der Waals surface area contributed by atoms with Crippen molar-refractivity contribution in [2.75, 3.05) is 9.80 Å². The first-order valence-electron chi connectivity index (χ1n) is 42.4. The molecule has 0 fully saturated rings. The standard InChI is InChI=1S/C114H90N4O2Si2/c1-71(2)101-67-105(117(103-27-17-25-97-93-21-11-13-29-107(93)119-113(97)103)111-81(69-115)19-15-23-91(111)79-43-59-89(60-44-79)121(83-47-31-73(5)32-48-83,84-49-33-74(6)34-50-84)85-51-35-75(7)36-52-85)99-66-64-96-102(72(3)4)68-106(100-65-63-95(101)109(99)110(96)100)118(104-28-18-26-98-94-22-12-14-30-108(94)120-114(98)104)112-82(70-116)20-16-24-92(112)80-45-61-90(62-46-80)122(86-53-37-76(8)38-54-86,87-55-39-77(9)40-56-87)88-57-41-78(10)42-58-88/h11-68,71-72H,1-10H3. The summed E-state index contributed by atoms with van der Waals surface area (Å²) in [5.41, 5.74) is 22.1. The van der Waals surface area contributed by atoms with Gasteiger partial charge in [-0.3, -0.25) is 0 Å².